The number of amides is 2. The summed E-state index contributed by atoms with van der Waals surface area (Å²) in [5.74, 6) is -0.389. The van der Waals surface area contributed by atoms with Crippen molar-refractivity contribution < 1.29 is 14.3 Å². The number of rotatable bonds is 6. The molecule has 1 saturated heterocycles. The maximum Gasteiger partial charge on any atom is 0.337 e. The number of likely N-dealkylation sites (tertiary alicyclic amines) is 1. The third-order valence-corrected chi connectivity index (χ3v) is 5.46. The largest absolute Gasteiger partial charge is 0.465 e. The summed E-state index contributed by atoms with van der Waals surface area (Å²) >= 11 is 0. The number of benzene rings is 2. The van der Waals surface area contributed by atoms with Crippen LogP contribution < -0.4 is 5.32 Å². The molecule has 1 heterocycles. The van der Waals surface area contributed by atoms with Crippen LogP contribution in [0.1, 0.15) is 28.8 Å². The zero-order chi connectivity index (χ0) is 20.6. The van der Waals surface area contributed by atoms with Crippen molar-refractivity contribution in [3.63, 3.8) is 0 Å². The molecule has 6 nitrogen and oxygen atoms in total. The number of ether oxygens (including phenoxy) is 1. The molecule has 0 saturated carbocycles. The molecule has 1 fully saturated rings. The van der Waals surface area contributed by atoms with E-state index in [9.17, 15) is 9.59 Å². The molecule has 6 heteroatoms. The number of esters is 1. The summed E-state index contributed by atoms with van der Waals surface area (Å²) in [5, 5.41) is 2.93. The van der Waals surface area contributed by atoms with Crippen LogP contribution in [0, 0.1) is 0 Å². The van der Waals surface area contributed by atoms with Crippen molar-refractivity contribution in [2.75, 3.05) is 39.1 Å². The van der Waals surface area contributed by atoms with Gasteiger partial charge in [-0.3, -0.25) is 0 Å². The van der Waals surface area contributed by atoms with Gasteiger partial charge in [0.15, 0.2) is 0 Å². The summed E-state index contributed by atoms with van der Waals surface area (Å²) in [6.45, 7) is 2.45. The van der Waals surface area contributed by atoms with Gasteiger partial charge in [0.1, 0.15) is 0 Å². The topological polar surface area (TPSA) is 61.9 Å². The number of nitrogens with one attached hydrogen (secondary N) is 1. The summed E-state index contributed by atoms with van der Waals surface area (Å²) < 4.78 is 4.70. The Morgan fingerprint density at radius 2 is 1.86 bits per heavy atom. The van der Waals surface area contributed by atoms with Gasteiger partial charge in [-0.25, -0.2) is 9.59 Å². The second-order valence-corrected chi connectivity index (χ2v) is 7.46. The van der Waals surface area contributed by atoms with Crippen molar-refractivity contribution in [2.45, 2.75) is 25.3 Å². The Labute approximate surface area is 172 Å². The lowest BCUT2D eigenvalue weighted by molar-refractivity contribution is 0.0600. The highest BCUT2D eigenvalue weighted by Gasteiger charge is 2.26. The molecular weight excluding hydrogens is 366 g/mol. The second kappa shape index (κ2) is 10.1. The van der Waals surface area contributed by atoms with Crippen LogP contribution in [0.25, 0.3) is 0 Å². The van der Waals surface area contributed by atoms with Gasteiger partial charge < -0.3 is 19.9 Å². The van der Waals surface area contributed by atoms with Gasteiger partial charge in [-0.1, -0.05) is 30.3 Å². The Bertz CT molecular complexity index is 808. The lowest BCUT2D eigenvalue weighted by Crippen LogP contribution is -2.50. The Hall–Kier alpha value is -2.86. The van der Waals surface area contributed by atoms with Gasteiger partial charge in [0.25, 0.3) is 0 Å². The highest BCUT2D eigenvalue weighted by molar-refractivity contribution is 5.92. The van der Waals surface area contributed by atoms with Gasteiger partial charge in [0.2, 0.25) is 0 Å². The minimum absolute atomic E-state index is 0.100. The highest BCUT2D eigenvalue weighted by atomic mass is 16.5. The van der Waals surface area contributed by atoms with E-state index in [0.717, 1.165) is 38.9 Å². The first-order valence-corrected chi connectivity index (χ1v) is 10.1. The zero-order valence-corrected chi connectivity index (χ0v) is 17.1. The Morgan fingerprint density at radius 1 is 1.14 bits per heavy atom. The molecule has 0 spiro atoms. The fourth-order valence-corrected chi connectivity index (χ4v) is 3.64. The summed E-state index contributed by atoms with van der Waals surface area (Å²) in [6.07, 6.45) is 3.10. The normalized spacial score (nSPS) is 16.5. The number of urea groups is 1. The first-order chi connectivity index (χ1) is 14.1. The lowest BCUT2D eigenvalue weighted by Gasteiger charge is -2.37. The van der Waals surface area contributed by atoms with Crippen molar-refractivity contribution >= 4 is 17.7 Å². The molecule has 1 atom stereocenters. The van der Waals surface area contributed by atoms with E-state index in [1.165, 1.54) is 12.7 Å². The molecule has 154 valence electrons. The van der Waals surface area contributed by atoms with E-state index >= 15 is 0 Å². The van der Waals surface area contributed by atoms with Gasteiger partial charge in [0, 0.05) is 31.4 Å². The van der Waals surface area contributed by atoms with Crippen molar-refractivity contribution in [1.82, 2.24) is 9.80 Å². The fraction of sp³-hybridized carbons (Fsp3) is 0.391. The van der Waals surface area contributed by atoms with E-state index in [-0.39, 0.29) is 12.0 Å². The molecule has 29 heavy (non-hydrogen) atoms. The molecule has 2 aromatic carbocycles. The van der Waals surface area contributed by atoms with E-state index in [2.05, 4.69) is 41.5 Å². The number of carbonyl (C=O) groups is 2. The zero-order valence-electron chi connectivity index (χ0n) is 17.1. The lowest BCUT2D eigenvalue weighted by atomic mass is 10.0. The molecule has 1 aliphatic rings. The number of methoxy groups -OCH3 is 1. The second-order valence-electron chi connectivity index (χ2n) is 7.46. The summed E-state index contributed by atoms with van der Waals surface area (Å²) in [7, 11) is 3.49. The average Bonchev–Trinajstić information content (AvgIpc) is 2.78. The predicted molar refractivity (Wildman–Crippen MR) is 114 cm³/mol. The van der Waals surface area contributed by atoms with Crippen LogP contribution in [-0.2, 0) is 11.2 Å². The van der Waals surface area contributed by atoms with Gasteiger partial charge in [-0.2, -0.15) is 0 Å². The Kier molecular flexibility index (Phi) is 7.25. The molecule has 1 aliphatic heterocycles. The van der Waals surface area contributed by atoms with Crippen LogP contribution in [0.15, 0.2) is 54.6 Å². The monoisotopic (exact) mass is 395 g/mol. The number of carbonyl (C=O) groups excluding carboxylic acids is 2. The summed E-state index contributed by atoms with van der Waals surface area (Å²) in [5.41, 5.74) is 2.46. The third-order valence-electron chi connectivity index (χ3n) is 5.46. The van der Waals surface area contributed by atoms with E-state index in [1.807, 2.05) is 11.0 Å². The fourth-order valence-electron chi connectivity index (χ4n) is 3.64. The van der Waals surface area contributed by atoms with Crippen LogP contribution in [-0.4, -0.2) is 61.6 Å². The van der Waals surface area contributed by atoms with E-state index in [1.54, 1.807) is 24.3 Å². The minimum Gasteiger partial charge on any atom is -0.465 e. The third kappa shape index (κ3) is 5.81. The van der Waals surface area contributed by atoms with Gasteiger partial charge >= 0.3 is 12.0 Å². The van der Waals surface area contributed by atoms with Crippen molar-refractivity contribution in [3.8, 4) is 0 Å². The predicted octanol–water partition coefficient (Wildman–Crippen LogP) is 3.64. The minimum atomic E-state index is -0.389. The Morgan fingerprint density at radius 3 is 2.55 bits per heavy atom. The molecule has 2 aromatic rings. The number of hydrogen-bond acceptors (Lipinski definition) is 4. The van der Waals surface area contributed by atoms with Crippen LogP contribution in [0.3, 0.4) is 0 Å². The standard InChI is InChI=1S/C23H29N3O3/c1-25(16-14-18-7-4-3-5-8-18)21-9-6-15-26(17-21)23(28)24-20-12-10-19(11-13-20)22(27)29-2/h3-5,7-8,10-13,21H,6,9,14-17H2,1-2H3,(H,24,28)/t21-/m1/s1. The van der Waals surface area contributed by atoms with Crippen LogP contribution in [0.5, 0.6) is 0 Å². The van der Waals surface area contributed by atoms with E-state index in [4.69, 9.17) is 4.74 Å². The van der Waals surface area contributed by atoms with Gasteiger partial charge in [0.05, 0.1) is 12.7 Å². The quantitative estimate of drug-likeness (QED) is 0.759. The maximum absolute atomic E-state index is 12.7. The van der Waals surface area contributed by atoms with Crippen molar-refractivity contribution in [1.29, 1.82) is 0 Å². The number of anilines is 1. The van der Waals surface area contributed by atoms with Gasteiger partial charge in [-0.15, -0.1) is 0 Å². The molecule has 0 radical (unpaired) electrons. The van der Waals surface area contributed by atoms with Crippen molar-refractivity contribution in [3.05, 3.63) is 65.7 Å². The van der Waals surface area contributed by atoms with Crippen LogP contribution in [0.2, 0.25) is 0 Å². The summed E-state index contributed by atoms with van der Waals surface area (Å²) in [6, 6.07) is 17.5. The molecule has 0 bridgehead atoms. The SMILES string of the molecule is COC(=O)c1ccc(NC(=O)N2CCC[C@@H](N(C)CCc3ccccc3)C2)cc1. The van der Waals surface area contributed by atoms with Crippen LogP contribution in [0.4, 0.5) is 10.5 Å². The smallest absolute Gasteiger partial charge is 0.337 e. The molecule has 3 rings (SSSR count). The average molecular weight is 396 g/mol. The first kappa shape index (κ1) is 20.9. The van der Waals surface area contributed by atoms with E-state index < -0.39 is 0 Å². The van der Waals surface area contributed by atoms with Gasteiger partial charge in [-0.05, 0) is 56.1 Å². The number of nitrogens with zero attached hydrogens (tertiary/aromatic N) is 2. The molecule has 0 aliphatic carbocycles. The first-order valence-electron chi connectivity index (χ1n) is 10.1. The highest BCUT2D eigenvalue weighted by Crippen LogP contribution is 2.18. The van der Waals surface area contributed by atoms with Crippen LogP contribution >= 0.6 is 0 Å². The summed E-state index contributed by atoms with van der Waals surface area (Å²) in [4.78, 5) is 28.4. The van der Waals surface area contributed by atoms with E-state index in [0.29, 0.717) is 17.3 Å². The molecule has 0 unspecified atom stereocenters. The molecule has 1 N–H and O–H groups in total. The number of likely N-dealkylation sites (N-methyl/N-ethyl adjacent to an activating group) is 1. The Balaban J connectivity index is 1.51. The number of piperidine rings is 1. The molecular formula is C23H29N3O3. The molecule has 2 amide bonds. The molecule has 0 aromatic heterocycles. The number of hydrogen-bond donors (Lipinski definition) is 1. The maximum atomic E-state index is 12.7. The van der Waals surface area contributed by atoms with Crippen molar-refractivity contribution in [2.24, 2.45) is 0 Å².